The fraction of sp³-hybridized carbons (Fsp3) is 0.150. The van der Waals surface area contributed by atoms with Gasteiger partial charge >= 0.3 is 0 Å². The molecule has 1 N–H and O–H groups in total. The molecule has 3 aromatic heterocycles. The van der Waals surface area contributed by atoms with Gasteiger partial charge in [0.15, 0.2) is 10.7 Å². The molecular weight excluding hydrogens is 424 g/mol. The van der Waals surface area contributed by atoms with E-state index in [2.05, 4.69) is 14.9 Å². The summed E-state index contributed by atoms with van der Waals surface area (Å²) in [5.74, 6) is 0.635. The Morgan fingerprint density at radius 3 is 2.67 bits per heavy atom. The van der Waals surface area contributed by atoms with Gasteiger partial charge in [-0.25, -0.2) is 13.4 Å². The van der Waals surface area contributed by atoms with Crippen molar-refractivity contribution in [1.82, 2.24) is 14.5 Å². The second-order valence-corrected chi connectivity index (χ2v) is 9.19. The van der Waals surface area contributed by atoms with E-state index in [-0.39, 0.29) is 16.2 Å². The summed E-state index contributed by atoms with van der Waals surface area (Å²) in [5, 5.41) is 3.72. The summed E-state index contributed by atoms with van der Waals surface area (Å²) in [5.41, 5.74) is 1.74. The molecule has 8 nitrogen and oxygen atoms in total. The predicted molar refractivity (Wildman–Crippen MR) is 114 cm³/mol. The smallest absolute Gasteiger partial charge is 0.267 e. The van der Waals surface area contributed by atoms with Crippen LogP contribution in [0, 0.1) is 13.8 Å². The zero-order valence-electron chi connectivity index (χ0n) is 16.2. The van der Waals surface area contributed by atoms with Crippen LogP contribution >= 0.6 is 11.8 Å². The Kier molecular flexibility index (Phi) is 5.35. The van der Waals surface area contributed by atoms with E-state index in [1.165, 1.54) is 22.2 Å². The monoisotopic (exact) mass is 442 g/mol. The number of anilines is 1. The number of aromatic nitrogens is 3. The third-order valence-electron chi connectivity index (χ3n) is 4.37. The van der Waals surface area contributed by atoms with E-state index in [1.54, 1.807) is 44.3 Å². The lowest BCUT2D eigenvalue weighted by atomic mass is 10.3. The maximum Gasteiger partial charge on any atom is 0.267 e. The van der Waals surface area contributed by atoms with Crippen LogP contribution in [0.5, 0.6) is 0 Å². The number of pyridine rings is 1. The summed E-state index contributed by atoms with van der Waals surface area (Å²) in [4.78, 5) is 17.5. The highest BCUT2D eigenvalue weighted by molar-refractivity contribution is 7.98. The number of benzene rings is 1. The first-order chi connectivity index (χ1) is 14.3. The van der Waals surface area contributed by atoms with Crippen LogP contribution in [0.25, 0.3) is 5.65 Å². The first-order valence-electron chi connectivity index (χ1n) is 9.00. The molecule has 154 valence electrons. The molecular formula is C20H18N4O4S2. The Bertz CT molecular complexity index is 1370. The molecule has 10 heteroatoms. The fourth-order valence-electron chi connectivity index (χ4n) is 3.06. The second-order valence-electron chi connectivity index (χ2n) is 6.56. The molecule has 0 radical (unpaired) electrons. The van der Waals surface area contributed by atoms with Crippen molar-refractivity contribution in [2.75, 3.05) is 4.72 Å². The lowest BCUT2D eigenvalue weighted by Crippen LogP contribution is -2.15. The van der Waals surface area contributed by atoms with Crippen LogP contribution in [-0.4, -0.2) is 23.0 Å². The van der Waals surface area contributed by atoms with Gasteiger partial charge in [0.2, 0.25) is 0 Å². The van der Waals surface area contributed by atoms with Crippen molar-refractivity contribution in [1.29, 1.82) is 0 Å². The molecule has 0 saturated heterocycles. The standard InChI is InChI=1S/C20H18N4O4S2/c1-13-20(14(2)28-22-13)30(26,27)23-16-7-3-4-8-17(16)29-12-15-11-19(25)24-10-6-5-9-18(24)21-15/h3-11,23H,12H2,1-2H3. The van der Waals surface area contributed by atoms with Gasteiger partial charge in [-0.1, -0.05) is 23.4 Å². The molecule has 0 unspecified atom stereocenters. The molecule has 0 amide bonds. The Hall–Kier alpha value is -3.11. The molecule has 4 aromatic rings. The van der Waals surface area contributed by atoms with E-state index in [4.69, 9.17) is 4.52 Å². The van der Waals surface area contributed by atoms with Crippen molar-refractivity contribution in [2.45, 2.75) is 29.4 Å². The van der Waals surface area contributed by atoms with E-state index in [0.29, 0.717) is 33.4 Å². The van der Waals surface area contributed by atoms with Crippen LogP contribution in [-0.2, 0) is 15.8 Å². The van der Waals surface area contributed by atoms with Crippen molar-refractivity contribution in [3.8, 4) is 0 Å². The van der Waals surface area contributed by atoms with Gasteiger partial charge < -0.3 is 4.52 Å². The molecule has 0 aliphatic heterocycles. The first kappa shape index (κ1) is 20.2. The Labute approximate surface area is 177 Å². The number of thioether (sulfide) groups is 1. The summed E-state index contributed by atoms with van der Waals surface area (Å²) in [6.45, 7) is 3.13. The van der Waals surface area contributed by atoms with Gasteiger partial charge in [0.05, 0.1) is 11.4 Å². The van der Waals surface area contributed by atoms with E-state index in [0.717, 1.165) is 0 Å². The molecule has 0 spiro atoms. The van der Waals surface area contributed by atoms with E-state index < -0.39 is 10.0 Å². The Morgan fingerprint density at radius 2 is 1.90 bits per heavy atom. The predicted octanol–water partition coefficient (Wildman–Crippen LogP) is 3.39. The lowest BCUT2D eigenvalue weighted by molar-refractivity contribution is 0.390. The minimum Gasteiger partial charge on any atom is -0.360 e. The summed E-state index contributed by atoms with van der Waals surface area (Å²) in [6, 6.07) is 13.9. The minimum absolute atomic E-state index is 0.0338. The minimum atomic E-state index is -3.86. The quantitative estimate of drug-likeness (QED) is 0.456. The summed E-state index contributed by atoms with van der Waals surface area (Å²) >= 11 is 1.39. The highest BCUT2D eigenvalue weighted by Gasteiger charge is 2.25. The topological polar surface area (TPSA) is 107 Å². The van der Waals surface area contributed by atoms with Crippen LogP contribution < -0.4 is 10.3 Å². The molecule has 0 saturated carbocycles. The summed E-state index contributed by atoms with van der Waals surface area (Å²) in [6.07, 6.45) is 1.67. The number of sulfonamides is 1. The van der Waals surface area contributed by atoms with Crippen LogP contribution in [0.3, 0.4) is 0 Å². The Balaban J connectivity index is 1.59. The number of hydrogen-bond donors (Lipinski definition) is 1. The number of hydrogen-bond acceptors (Lipinski definition) is 7. The van der Waals surface area contributed by atoms with Crippen molar-refractivity contribution in [3.05, 3.63) is 82.2 Å². The maximum atomic E-state index is 12.8. The largest absolute Gasteiger partial charge is 0.360 e. The molecule has 30 heavy (non-hydrogen) atoms. The van der Waals surface area contributed by atoms with E-state index in [9.17, 15) is 13.2 Å². The number of nitrogens with one attached hydrogen (secondary N) is 1. The van der Waals surface area contributed by atoms with Crippen LogP contribution in [0.4, 0.5) is 5.69 Å². The lowest BCUT2D eigenvalue weighted by Gasteiger charge is -2.12. The maximum absolute atomic E-state index is 12.8. The number of fused-ring (bicyclic) bond motifs is 1. The third-order valence-corrected chi connectivity index (χ3v) is 7.08. The molecule has 0 bridgehead atoms. The SMILES string of the molecule is Cc1noc(C)c1S(=O)(=O)Nc1ccccc1SCc1cc(=O)n2ccccc2n1. The molecule has 1 aromatic carbocycles. The highest BCUT2D eigenvalue weighted by atomic mass is 32.2. The van der Waals surface area contributed by atoms with Gasteiger partial charge in [-0.2, -0.15) is 0 Å². The van der Waals surface area contributed by atoms with E-state index >= 15 is 0 Å². The van der Waals surface area contributed by atoms with E-state index in [1.807, 2.05) is 18.2 Å². The van der Waals surface area contributed by atoms with Crippen molar-refractivity contribution in [2.24, 2.45) is 0 Å². The third kappa shape index (κ3) is 3.96. The average Bonchev–Trinajstić information content (AvgIpc) is 3.06. The number of aryl methyl sites for hydroxylation is 2. The molecule has 0 fully saturated rings. The summed E-state index contributed by atoms with van der Waals surface area (Å²) in [7, 11) is -3.86. The second kappa shape index (κ2) is 7.96. The van der Waals surface area contributed by atoms with Crippen molar-refractivity contribution < 1.29 is 12.9 Å². The molecule has 0 atom stereocenters. The number of para-hydroxylation sites is 1. The van der Waals surface area contributed by atoms with Gasteiger partial charge in [0, 0.05) is 22.9 Å². The number of rotatable bonds is 6. The first-order valence-corrected chi connectivity index (χ1v) is 11.5. The van der Waals surface area contributed by atoms with Gasteiger partial charge in [0.25, 0.3) is 15.6 Å². The van der Waals surface area contributed by atoms with Crippen molar-refractivity contribution >= 4 is 33.1 Å². The Morgan fingerprint density at radius 1 is 1.13 bits per heavy atom. The number of nitrogens with zero attached hydrogens (tertiary/aromatic N) is 3. The zero-order chi connectivity index (χ0) is 21.3. The van der Waals surface area contributed by atoms with Crippen LogP contribution in [0.15, 0.2) is 73.8 Å². The van der Waals surface area contributed by atoms with Crippen LogP contribution in [0.2, 0.25) is 0 Å². The van der Waals surface area contributed by atoms with Gasteiger partial charge in [-0.05, 0) is 38.1 Å². The molecule has 0 aliphatic rings. The summed E-state index contributed by atoms with van der Waals surface area (Å²) < 4.78 is 34.8. The highest BCUT2D eigenvalue weighted by Crippen LogP contribution is 2.31. The van der Waals surface area contributed by atoms with Gasteiger partial charge in [0.1, 0.15) is 11.3 Å². The normalized spacial score (nSPS) is 11.7. The molecule has 0 aliphatic carbocycles. The zero-order valence-corrected chi connectivity index (χ0v) is 17.8. The van der Waals surface area contributed by atoms with Gasteiger partial charge in [-0.3, -0.25) is 13.9 Å². The molecule has 4 rings (SSSR count). The van der Waals surface area contributed by atoms with Crippen LogP contribution in [0.1, 0.15) is 17.1 Å². The fourth-order valence-corrected chi connectivity index (χ4v) is 5.44. The molecule has 3 heterocycles. The van der Waals surface area contributed by atoms with Gasteiger partial charge in [-0.15, -0.1) is 11.8 Å². The average molecular weight is 443 g/mol. The van der Waals surface area contributed by atoms with Crippen molar-refractivity contribution in [3.63, 3.8) is 0 Å².